The van der Waals surface area contributed by atoms with Crippen LogP contribution in [0.25, 0.3) is 11.1 Å². The number of hydrogen-bond acceptors (Lipinski definition) is 5. The molecule has 2 rings (SSSR count). The van der Waals surface area contributed by atoms with E-state index < -0.39 is 0 Å². The summed E-state index contributed by atoms with van der Waals surface area (Å²) in [6.45, 7) is 0.0583. The van der Waals surface area contributed by atoms with Crippen molar-refractivity contribution in [3.63, 3.8) is 0 Å². The van der Waals surface area contributed by atoms with Gasteiger partial charge in [0.15, 0.2) is 0 Å². The van der Waals surface area contributed by atoms with Crippen molar-refractivity contribution in [1.82, 2.24) is 14.8 Å². The zero-order chi connectivity index (χ0) is 12.3. The molecule has 6 nitrogen and oxygen atoms in total. The maximum absolute atomic E-state index is 11.0. The molecule has 2 aromatic rings. The largest absolute Gasteiger partial charge is 0.506 e. The van der Waals surface area contributed by atoms with Gasteiger partial charge in [-0.15, -0.1) is 0 Å². The summed E-state index contributed by atoms with van der Waals surface area (Å²) in [5, 5.41) is 13.3. The van der Waals surface area contributed by atoms with E-state index in [1.807, 2.05) is 0 Å². The van der Waals surface area contributed by atoms with E-state index >= 15 is 0 Å². The number of carbonyl (C=O) groups is 1. The van der Waals surface area contributed by atoms with Crippen LogP contribution in [0.5, 0.6) is 5.75 Å². The molecule has 0 amide bonds. The van der Waals surface area contributed by atoms with Gasteiger partial charge in [-0.05, 0) is 6.07 Å². The Morgan fingerprint density at radius 1 is 1.41 bits per heavy atom. The van der Waals surface area contributed by atoms with Gasteiger partial charge in [-0.2, -0.15) is 5.10 Å². The molecule has 0 saturated carbocycles. The SMILES string of the molecule is COC(=O)Cn1cc(-c2cncc(O)c2)cn1. The first-order chi connectivity index (χ1) is 8.19. The first-order valence-corrected chi connectivity index (χ1v) is 4.92. The van der Waals surface area contributed by atoms with Crippen molar-refractivity contribution >= 4 is 5.97 Å². The van der Waals surface area contributed by atoms with Crippen LogP contribution in [0.2, 0.25) is 0 Å². The van der Waals surface area contributed by atoms with E-state index in [1.165, 1.54) is 18.0 Å². The Bertz CT molecular complexity index is 536. The Labute approximate surface area is 97.5 Å². The van der Waals surface area contributed by atoms with Crippen LogP contribution in [0.1, 0.15) is 0 Å². The first kappa shape index (κ1) is 11.1. The number of pyridine rings is 1. The molecule has 0 unspecified atom stereocenters. The van der Waals surface area contributed by atoms with Crippen molar-refractivity contribution in [2.24, 2.45) is 0 Å². The summed E-state index contributed by atoms with van der Waals surface area (Å²) in [6.07, 6.45) is 6.24. The van der Waals surface area contributed by atoms with E-state index in [9.17, 15) is 9.90 Å². The summed E-state index contributed by atoms with van der Waals surface area (Å²) in [6, 6.07) is 1.58. The molecular formula is C11H11N3O3. The van der Waals surface area contributed by atoms with Gasteiger partial charge in [-0.1, -0.05) is 0 Å². The van der Waals surface area contributed by atoms with Gasteiger partial charge in [0.05, 0.1) is 19.5 Å². The third-order valence-corrected chi connectivity index (χ3v) is 2.21. The molecule has 0 saturated heterocycles. The van der Waals surface area contributed by atoms with Crippen LogP contribution in [-0.4, -0.2) is 33.0 Å². The molecular weight excluding hydrogens is 222 g/mol. The molecule has 0 fully saturated rings. The summed E-state index contributed by atoms with van der Waals surface area (Å²) >= 11 is 0. The highest BCUT2D eigenvalue weighted by Crippen LogP contribution is 2.20. The molecule has 17 heavy (non-hydrogen) atoms. The number of methoxy groups -OCH3 is 1. The van der Waals surface area contributed by atoms with Crippen LogP contribution in [0, 0.1) is 0 Å². The van der Waals surface area contributed by atoms with Crippen molar-refractivity contribution in [2.45, 2.75) is 6.54 Å². The van der Waals surface area contributed by atoms with E-state index in [1.54, 1.807) is 24.7 Å². The molecule has 0 radical (unpaired) electrons. The lowest BCUT2D eigenvalue weighted by Crippen LogP contribution is -2.11. The topological polar surface area (TPSA) is 77.2 Å². The smallest absolute Gasteiger partial charge is 0.327 e. The van der Waals surface area contributed by atoms with Gasteiger partial charge in [0, 0.05) is 23.5 Å². The second-order valence-electron chi connectivity index (χ2n) is 3.43. The van der Waals surface area contributed by atoms with Crippen LogP contribution >= 0.6 is 0 Å². The number of aromatic nitrogens is 3. The lowest BCUT2D eigenvalue weighted by Gasteiger charge is -1.99. The Hall–Kier alpha value is -2.37. The fourth-order valence-corrected chi connectivity index (χ4v) is 1.38. The third kappa shape index (κ3) is 2.60. The van der Waals surface area contributed by atoms with Gasteiger partial charge in [0.25, 0.3) is 0 Å². The quantitative estimate of drug-likeness (QED) is 0.794. The molecule has 0 aliphatic carbocycles. The van der Waals surface area contributed by atoms with Crippen molar-refractivity contribution in [3.05, 3.63) is 30.9 Å². The van der Waals surface area contributed by atoms with Crippen LogP contribution in [0.3, 0.4) is 0 Å². The second-order valence-corrected chi connectivity index (χ2v) is 3.43. The van der Waals surface area contributed by atoms with E-state index in [4.69, 9.17) is 0 Å². The van der Waals surface area contributed by atoms with E-state index in [0.29, 0.717) is 0 Å². The van der Waals surface area contributed by atoms with E-state index in [-0.39, 0.29) is 18.3 Å². The molecule has 0 aromatic carbocycles. The number of carbonyl (C=O) groups excluding carboxylic acids is 1. The zero-order valence-corrected chi connectivity index (χ0v) is 9.20. The van der Waals surface area contributed by atoms with E-state index in [0.717, 1.165) is 11.1 Å². The predicted molar refractivity (Wildman–Crippen MR) is 59.1 cm³/mol. The number of rotatable bonds is 3. The van der Waals surface area contributed by atoms with Gasteiger partial charge < -0.3 is 9.84 Å². The number of hydrogen-bond donors (Lipinski definition) is 1. The lowest BCUT2D eigenvalue weighted by molar-refractivity contribution is -0.141. The van der Waals surface area contributed by atoms with E-state index in [2.05, 4.69) is 14.8 Å². The summed E-state index contributed by atoms with van der Waals surface area (Å²) in [5.41, 5.74) is 1.51. The lowest BCUT2D eigenvalue weighted by atomic mass is 10.2. The average Bonchev–Trinajstić information content (AvgIpc) is 2.77. The molecule has 0 atom stereocenters. The van der Waals surface area contributed by atoms with Crippen LogP contribution in [-0.2, 0) is 16.1 Å². The summed E-state index contributed by atoms with van der Waals surface area (Å²) in [7, 11) is 1.33. The highest BCUT2D eigenvalue weighted by Gasteiger charge is 2.06. The summed E-state index contributed by atoms with van der Waals surface area (Å²) < 4.78 is 6.00. The Morgan fingerprint density at radius 2 is 2.24 bits per heavy atom. The molecule has 0 aliphatic heterocycles. The Morgan fingerprint density at radius 3 is 2.94 bits per heavy atom. The van der Waals surface area contributed by atoms with Gasteiger partial charge in [-0.25, -0.2) is 0 Å². The molecule has 6 heteroatoms. The minimum atomic E-state index is -0.367. The number of aromatic hydroxyl groups is 1. The molecule has 0 spiro atoms. The highest BCUT2D eigenvalue weighted by molar-refractivity contribution is 5.69. The zero-order valence-electron chi connectivity index (χ0n) is 9.20. The Kier molecular flexibility index (Phi) is 3.04. The molecule has 2 aromatic heterocycles. The molecule has 1 N–H and O–H groups in total. The van der Waals surface area contributed by atoms with Crippen molar-refractivity contribution < 1.29 is 14.6 Å². The second kappa shape index (κ2) is 4.65. The maximum atomic E-state index is 11.0. The monoisotopic (exact) mass is 233 g/mol. The molecule has 0 bridgehead atoms. The minimum Gasteiger partial charge on any atom is -0.506 e. The fourth-order valence-electron chi connectivity index (χ4n) is 1.38. The summed E-state index contributed by atoms with van der Waals surface area (Å²) in [5.74, 6) is -0.281. The molecule has 88 valence electrons. The van der Waals surface area contributed by atoms with Gasteiger partial charge >= 0.3 is 5.97 Å². The Balaban J connectivity index is 2.21. The van der Waals surface area contributed by atoms with Gasteiger partial charge in [0.2, 0.25) is 0 Å². The molecule has 2 heterocycles. The number of esters is 1. The van der Waals surface area contributed by atoms with Crippen LogP contribution in [0.15, 0.2) is 30.9 Å². The molecule has 0 aliphatic rings. The van der Waals surface area contributed by atoms with Gasteiger partial charge in [-0.3, -0.25) is 14.5 Å². The number of ether oxygens (including phenoxy) is 1. The van der Waals surface area contributed by atoms with Crippen LogP contribution < -0.4 is 0 Å². The number of nitrogens with zero attached hydrogens (tertiary/aromatic N) is 3. The van der Waals surface area contributed by atoms with Crippen LogP contribution in [0.4, 0.5) is 0 Å². The highest BCUT2D eigenvalue weighted by atomic mass is 16.5. The first-order valence-electron chi connectivity index (χ1n) is 4.92. The third-order valence-electron chi connectivity index (χ3n) is 2.21. The van der Waals surface area contributed by atoms with Crippen molar-refractivity contribution in [2.75, 3.05) is 7.11 Å². The van der Waals surface area contributed by atoms with Gasteiger partial charge in [0.1, 0.15) is 12.3 Å². The minimum absolute atomic E-state index is 0.0583. The standard InChI is InChI=1S/C11H11N3O3/c1-17-11(16)7-14-6-9(4-13-14)8-2-10(15)5-12-3-8/h2-6,15H,7H2,1H3. The van der Waals surface area contributed by atoms with Crippen molar-refractivity contribution in [3.8, 4) is 16.9 Å². The maximum Gasteiger partial charge on any atom is 0.327 e. The van der Waals surface area contributed by atoms with Crippen molar-refractivity contribution in [1.29, 1.82) is 0 Å². The normalized spacial score (nSPS) is 10.2. The average molecular weight is 233 g/mol. The predicted octanol–water partition coefficient (Wildman–Crippen LogP) is 0.824. The summed E-state index contributed by atoms with van der Waals surface area (Å²) in [4.78, 5) is 14.9. The fraction of sp³-hybridized carbons (Fsp3) is 0.182.